The van der Waals surface area contributed by atoms with Gasteiger partial charge in [-0.15, -0.1) is 0 Å². The summed E-state index contributed by atoms with van der Waals surface area (Å²) in [6, 6.07) is 18.6. The zero-order chi connectivity index (χ0) is 24.0. The zero-order valence-electron chi connectivity index (χ0n) is 18.8. The van der Waals surface area contributed by atoms with Crippen molar-refractivity contribution in [1.82, 2.24) is 4.90 Å². The normalized spacial score (nSPS) is 13.1. The fourth-order valence-corrected chi connectivity index (χ4v) is 4.36. The first-order chi connectivity index (χ1) is 15.9. The molecule has 0 aliphatic carbocycles. The molecule has 0 bridgehead atoms. The molecule has 1 N–H and O–H groups in total. The fourth-order valence-electron chi connectivity index (χ4n) is 3.84. The molecule has 1 unspecified atom stereocenters. The maximum Gasteiger partial charge on any atom is 0.161 e. The summed E-state index contributed by atoms with van der Waals surface area (Å²) < 4.78 is 10.9. The van der Waals surface area contributed by atoms with E-state index < -0.39 is 6.10 Å². The quantitative estimate of drug-likeness (QED) is 0.316. The van der Waals surface area contributed by atoms with Crippen molar-refractivity contribution in [3.8, 4) is 11.5 Å². The third kappa shape index (κ3) is 6.56. The lowest BCUT2D eigenvalue weighted by molar-refractivity contribution is 0.0894. The number of methoxy groups -OCH3 is 2. The molecule has 0 heterocycles. The van der Waals surface area contributed by atoms with Crippen LogP contribution >= 0.6 is 34.8 Å². The molecule has 2 atom stereocenters. The maximum atomic E-state index is 11.1. The van der Waals surface area contributed by atoms with E-state index in [1.807, 2.05) is 49.4 Å². The van der Waals surface area contributed by atoms with Gasteiger partial charge >= 0.3 is 0 Å². The largest absolute Gasteiger partial charge is 0.493 e. The monoisotopic (exact) mass is 506 g/mol. The van der Waals surface area contributed by atoms with E-state index in [2.05, 4.69) is 11.3 Å². The second-order valence-corrected chi connectivity index (χ2v) is 8.89. The van der Waals surface area contributed by atoms with Crippen LogP contribution < -0.4 is 9.47 Å². The van der Waals surface area contributed by atoms with Crippen LogP contribution in [0, 0.1) is 6.42 Å². The van der Waals surface area contributed by atoms with E-state index in [-0.39, 0.29) is 6.04 Å². The molecule has 175 valence electrons. The molecule has 0 saturated heterocycles. The highest BCUT2D eigenvalue weighted by Crippen LogP contribution is 2.35. The Morgan fingerprint density at radius 2 is 1.64 bits per heavy atom. The Morgan fingerprint density at radius 1 is 0.879 bits per heavy atom. The van der Waals surface area contributed by atoms with Gasteiger partial charge in [-0.3, -0.25) is 4.90 Å². The average Bonchev–Trinajstić information content (AvgIpc) is 2.81. The number of aliphatic hydroxyl groups excluding tert-OH is 1. The molecule has 4 nitrogen and oxygen atoms in total. The topological polar surface area (TPSA) is 41.9 Å². The third-order valence-electron chi connectivity index (χ3n) is 5.47. The first kappa shape index (κ1) is 25.7. The van der Waals surface area contributed by atoms with E-state index in [1.54, 1.807) is 32.4 Å². The van der Waals surface area contributed by atoms with Crippen LogP contribution in [-0.2, 0) is 6.54 Å². The molecular formula is C26H27Cl3NO3. The Balaban J connectivity index is 1.97. The highest BCUT2D eigenvalue weighted by Gasteiger charge is 2.24. The minimum atomic E-state index is -0.742. The van der Waals surface area contributed by atoms with Crippen molar-refractivity contribution in [2.75, 3.05) is 20.8 Å². The lowest BCUT2D eigenvalue weighted by atomic mass is 9.99. The SMILES string of the molecule is C[CH][C@H](c1ccc(OC)c(OC)c1)N(Cc1ccc(Cl)c(Cl)c1)CC(O)c1cccc(Cl)c1. The third-order valence-corrected chi connectivity index (χ3v) is 6.44. The van der Waals surface area contributed by atoms with Gasteiger partial charge in [-0.1, -0.05) is 66.0 Å². The number of nitrogens with zero attached hydrogens (tertiary/aromatic N) is 1. The molecule has 0 spiro atoms. The van der Waals surface area contributed by atoms with Gasteiger partial charge in [0.25, 0.3) is 0 Å². The number of aliphatic hydroxyl groups is 1. The molecular weight excluding hydrogens is 481 g/mol. The summed E-state index contributed by atoms with van der Waals surface area (Å²) in [6.07, 6.45) is 1.35. The molecule has 0 aliphatic rings. The second-order valence-electron chi connectivity index (χ2n) is 7.64. The molecule has 0 aromatic heterocycles. The summed E-state index contributed by atoms with van der Waals surface area (Å²) in [5.74, 6) is 1.30. The number of halogens is 3. The first-order valence-corrected chi connectivity index (χ1v) is 11.6. The number of ether oxygens (including phenoxy) is 2. The van der Waals surface area contributed by atoms with Crippen LogP contribution in [0.25, 0.3) is 0 Å². The minimum Gasteiger partial charge on any atom is -0.493 e. The lowest BCUT2D eigenvalue weighted by Gasteiger charge is -2.33. The second kappa shape index (κ2) is 12.0. The van der Waals surface area contributed by atoms with E-state index in [9.17, 15) is 5.11 Å². The van der Waals surface area contributed by atoms with Crippen LogP contribution in [0.15, 0.2) is 60.7 Å². The summed E-state index contributed by atoms with van der Waals surface area (Å²) in [5.41, 5.74) is 2.74. The zero-order valence-corrected chi connectivity index (χ0v) is 21.0. The van der Waals surface area contributed by atoms with Gasteiger partial charge in [0.2, 0.25) is 0 Å². The lowest BCUT2D eigenvalue weighted by Crippen LogP contribution is -2.32. The number of hydrogen-bond donors (Lipinski definition) is 1. The highest BCUT2D eigenvalue weighted by atomic mass is 35.5. The molecule has 1 radical (unpaired) electrons. The van der Waals surface area contributed by atoms with E-state index in [0.29, 0.717) is 39.7 Å². The van der Waals surface area contributed by atoms with Crippen LogP contribution in [0.2, 0.25) is 15.1 Å². The van der Waals surface area contributed by atoms with Crippen molar-refractivity contribution in [3.05, 3.63) is 98.8 Å². The van der Waals surface area contributed by atoms with E-state index in [1.165, 1.54) is 0 Å². The fraction of sp³-hybridized carbons (Fsp3) is 0.269. The Bertz CT molecular complexity index is 1080. The van der Waals surface area contributed by atoms with Gasteiger partial charge in [-0.25, -0.2) is 0 Å². The molecule has 33 heavy (non-hydrogen) atoms. The average molecular weight is 508 g/mol. The Hall–Kier alpha value is -1.95. The van der Waals surface area contributed by atoms with Crippen molar-refractivity contribution in [1.29, 1.82) is 0 Å². The molecule has 3 aromatic rings. The van der Waals surface area contributed by atoms with Gasteiger partial charge in [-0.2, -0.15) is 0 Å². The summed E-state index contributed by atoms with van der Waals surface area (Å²) in [6.45, 7) is 2.90. The van der Waals surface area contributed by atoms with Gasteiger partial charge in [0.05, 0.1) is 30.4 Å². The smallest absolute Gasteiger partial charge is 0.161 e. The standard InChI is InChI=1S/C26H27Cl3NO3/c1-4-23(18-9-11-25(32-2)26(14-18)33-3)30(15-17-8-10-21(28)22(29)12-17)16-24(31)19-6-5-7-20(27)13-19/h4-14,23-24,31H,15-16H2,1-3H3/t23-,24?/m1/s1. The molecule has 0 fully saturated rings. The van der Waals surface area contributed by atoms with Gasteiger partial charge in [0.15, 0.2) is 11.5 Å². The number of benzene rings is 3. The number of rotatable bonds is 10. The molecule has 3 aromatic carbocycles. The summed E-state index contributed by atoms with van der Waals surface area (Å²) in [7, 11) is 3.22. The number of hydrogen-bond acceptors (Lipinski definition) is 4. The van der Waals surface area contributed by atoms with Crippen molar-refractivity contribution in [3.63, 3.8) is 0 Å². The Kier molecular flexibility index (Phi) is 9.30. The summed E-state index contributed by atoms with van der Waals surface area (Å²) in [5, 5.41) is 12.6. The predicted molar refractivity (Wildman–Crippen MR) is 136 cm³/mol. The van der Waals surface area contributed by atoms with Gasteiger partial charge in [-0.05, 0) is 59.5 Å². The summed E-state index contributed by atoms with van der Waals surface area (Å²) >= 11 is 18.5. The highest BCUT2D eigenvalue weighted by molar-refractivity contribution is 6.42. The van der Waals surface area contributed by atoms with Crippen molar-refractivity contribution >= 4 is 34.8 Å². The van der Waals surface area contributed by atoms with Gasteiger partial charge < -0.3 is 14.6 Å². The Labute approximate surface area is 210 Å². The molecule has 0 saturated carbocycles. The van der Waals surface area contributed by atoms with Crippen LogP contribution in [0.1, 0.15) is 35.8 Å². The molecule has 0 aliphatic heterocycles. The van der Waals surface area contributed by atoms with E-state index >= 15 is 0 Å². The molecule has 3 rings (SSSR count). The van der Waals surface area contributed by atoms with Crippen LogP contribution in [0.4, 0.5) is 0 Å². The van der Waals surface area contributed by atoms with Crippen LogP contribution in [-0.4, -0.2) is 30.8 Å². The van der Waals surface area contributed by atoms with Crippen molar-refractivity contribution in [2.24, 2.45) is 0 Å². The van der Waals surface area contributed by atoms with Crippen molar-refractivity contribution < 1.29 is 14.6 Å². The van der Waals surface area contributed by atoms with Crippen LogP contribution in [0.3, 0.4) is 0 Å². The van der Waals surface area contributed by atoms with E-state index in [4.69, 9.17) is 44.3 Å². The molecule has 7 heteroatoms. The van der Waals surface area contributed by atoms with Crippen molar-refractivity contribution in [2.45, 2.75) is 25.6 Å². The van der Waals surface area contributed by atoms with Gasteiger partial charge in [0.1, 0.15) is 0 Å². The van der Waals surface area contributed by atoms with E-state index in [0.717, 1.165) is 16.7 Å². The molecule has 0 amide bonds. The maximum absolute atomic E-state index is 11.1. The predicted octanol–water partition coefficient (Wildman–Crippen LogP) is 7.17. The first-order valence-electron chi connectivity index (χ1n) is 10.5. The van der Waals surface area contributed by atoms with Crippen LogP contribution in [0.5, 0.6) is 11.5 Å². The summed E-state index contributed by atoms with van der Waals surface area (Å²) in [4.78, 5) is 2.17. The Morgan fingerprint density at radius 3 is 2.27 bits per heavy atom. The van der Waals surface area contributed by atoms with Gasteiger partial charge in [0, 0.05) is 24.2 Å². The minimum absolute atomic E-state index is 0.118.